The number of rotatable bonds is 11. The molecule has 0 radical (unpaired) electrons. The Morgan fingerprint density at radius 2 is 1.42 bits per heavy atom. The number of ether oxygens (including phenoxy) is 1. The summed E-state index contributed by atoms with van der Waals surface area (Å²) in [6.07, 6.45) is 8.37. The number of halogens is 4. The maximum atomic E-state index is 14.9. The molecule has 3 aromatic carbocycles. The molecule has 204 valence electrons. The number of benzene rings is 3. The largest absolute Gasteiger partial charge is 0.490 e. The predicted molar refractivity (Wildman–Crippen MR) is 146 cm³/mol. The van der Waals surface area contributed by atoms with Gasteiger partial charge in [-0.3, -0.25) is 0 Å². The van der Waals surface area contributed by atoms with E-state index in [0.29, 0.717) is 36.0 Å². The second kappa shape index (κ2) is 13.3. The second-order valence-corrected chi connectivity index (χ2v) is 10.6. The van der Waals surface area contributed by atoms with E-state index in [1.165, 1.54) is 11.6 Å². The fourth-order valence-corrected chi connectivity index (χ4v) is 5.53. The van der Waals surface area contributed by atoms with Crippen molar-refractivity contribution in [3.63, 3.8) is 0 Å². The van der Waals surface area contributed by atoms with Crippen molar-refractivity contribution in [2.24, 2.45) is 5.92 Å². The first-order chi connectivity index (χ1) is 18.4. The Hall–Kier alpha value is -2.82. The summed E-state index contributed by atoms with van der Waals surface area (Å²) in [5.74, 6) is -3.29. The molecule has 0 N–H and O–H groups in total. The lowest BCUT2D eigenvalue weighted by atomic mass is 9.78. The van der Waals surface area contributed by atoms with Gasteiger partial charge in [-0.05, 0) is 91.2 Å². The Morgan fingerprint density at radius 3 is 2.11 bits per heavy atom. The Morgan fingerprint density at radius 1 is 0.684 bits per heavy atom. The van der Waals surface area contributed by atoms with Gasteiger partial charge in [0.05, 0.1) is 6.61 Å². The van der Waals surface area contributed by atoms with Crippen LogP contribution in [0.5, 0.6) is 5.75 Å². The van der Waals surface area contributed by atoms with Gasteiger partial charge >= 0.3 is 0 Å². The molecule has 38 heavy (non-hydrogen) atoms. The third-order valence-corrected chi connectivity index (χ3v) is 7.85. The van der Waals surface area contributed by atoms with Crippen molar-refractivity contribution < 1.29 is 22.3 Å². The van der Waals surface area contributed by atoms with Crippen LogP contribution in [0.15, 0.2) is 48.5 Å². The summed E-state index contributed by atoms with van der Waals surface area (Å²) in [6.45, 7) is 4.45. The van der Waals surface area contributed by atoms with Crippen LogP contribution in [0, 0.1) is 29.2 Å². The molecule has 0 heterocycles. The second-order valence-electron chi connectivity index (χ2n) is 10.6. The SMILES string of the molecule is CCCCCc1ccc(C2CCC(COc3ccc(-c4ccc(CCC)cc4)c(F)c3F)CC2)c(F)c1F. The average molecular weight is 527 g/mol. The van der Waals surface area contributed by atoms with E-state index in [-0.39, 0.29) is 29.8 Å². The highest BCUT2D eigenvalue weighted by Crippen LogP contribution is 2.38. The van der Waals surface area contributed by atoms with Gasteiger partial charge in [0, 0.05) is 5.56 Å². The topological polar surface area (TPSA) is 9.23 Å². The monoisotopic (exact) mass is 526 g/mol. The molecule has 0 bridgehead atoms. The summed E-state index contributed by atoms with van der Waals surface area (Å²) < 4.78 is 64.8. The third kappa shape index (κ3) is 6.59. The molecule has 0 spiro atoms. The van der Waals surface area contributed by atoms with Crippen LogP contribution in [0.3, 0.4) is 0 Å². The van der Waals surface area contributed by atoms with Crippen LogP contribution in [-0.2, 0) is 12.8 Å². The molecule has 1 nitrogen and oxygen atoms in total. The van der Waals surface area contributed by atoms with Crippen LogP contribution in [0.25, 0.3) is 11.1 Å². The van der Waals surface area contributed by atoms with Crippen LogP contribution in [0.1, 0.15) is 87.8 Å². The van der Waals surface area contributed by atoms with Crippen LogP contribution in [0.2, 0.25) is 0 Å². The summed E-state index contributed by atoms with van der Waals surface area (Å²) in [5, 5.41) is 0. The number of unbranched alkanes of at least 4 members (excludes halogenated alkanes) is 2. The zero-order valence-corrected chi connectivity index (χ0v) is 22.5. The highest BCUT2D eigenvalue weighted by molar-refractivity contribution is 5.65. The number of aryl methyl sites for hydroxylation is 2. The molecule has 4 rings (SSSR count). The van der Waals surface area contributed by atoms with Crippen LogP contribution >= 0.6 is 0 Å². The van der Waals surface area contributed by atoms with Gasteiger partial charge in [-0.1, -0.05) is 69.5 Å². The first-order valence-electron chi connectivity index (χ1n) is 14.1. The first kappa shape index (κ1) is 28.2. The average Bonchev–Trinajstić information content (AvgIpc) is 2.93. The molecule has 0 saturated heterocycles. The zero-order chi connectivity index (χ0) is 27.1. The van der Waals surface area contributed by atoms with Gasteiger partial charge in [-0.25, -0.2) is 13.2 Å². The summed E-state index contributed by atoms with van der Waals surface area (Å²) >= 11 is 0. The zero-order valence-electron chi connectivity index (χ0n) is 22.5. The highest BCUT2D eigenvalue weighted by atomic mass is 19.2. The van der Waals surface area contributed by atoms with E-state index >= 15 is 0 Å². The van der Waals surface area contributed by atoms with Crippen molar-refractivity contribution in [3.8, 4) is 16.9 Å². The molecule has 0 aromatic heterocycles. The Labute approximate surface area is 224 Å². The summed E-state index contributed by atoms with van der Waals surface area (Å²) in [6, 6.07) is 14.0. The maximum absolute atomic E-state index is 14.9. The van der Waals surface area contributed by atoms with E-state index in [9.17, 15) is 17.6 Å². The molecule has 1 aliphatic carbocycles. The van der Waals surface area contributed by atoms with Gasteiger partial charge in [-0.2, -0.15) is 4.39 Å². The lowest BCUT2D eigenvalue weighted by Crippen LogP contribution is -2.20. The summed E-state index contributed by atoms with van der Waals surface area (Å²) in [7, 11) is 0. The van der Waals surface area contributed by atoms with Crippen LogP contribution < -0.4 is 4.74 Å². The smallest absolute Gasteiger partial charge is 0.201 e. The van der Waals surface area contributed by atoms with Crippen molar-refractivity contribution in [1.29, 1.82) is 0 Å². The van der Waals surface area contributed by atoms with E-state index in [1.807, 2.05) is 24.3 Å². The summed E-state index contributed by atoms with van der Waals surface area (Å²) in [4.78, 5) is 0. The van der Waals surface area contributed by atoms with Crippen LogP contribution in [0.4, 0.5) is 17.6 Å². The van der Waals surface area contributed by atoms with E-state index < -0.39 is 23.3 Å². The van der Waals surface area contributed by atoms with Gasteiger partial charge in [0.1, 0.15) is 0 Å². The fraction of sp³-hybridized carbons (Fsp3) is 0.455. The van der Waals surface area contributed by atoms with E-state index in [4.69, 9.17) is 4.74 Å². The maximum Gasteiger partial charge on any atom is 0.201 e. The van der Waals surface area contributed by atoms with E-state index in [2.05, 4.69) is 13.8 Å². The van der Waals surface area contributed by atoms with Crippen molar-refractivity contribution in [3.05, 3.63) is 88.5 Å². The molecule has 0 atom stereocenters. The standard InChI is InChI=1S/C33H38F4O/c1-3-5-6-8-26-17-18-27(31(35)30(26)34)25-15-11-23(12-16-25)21-38-29-20-19-28(32(36)33(29)37)24-13-9-22(7-4-2)10-14-24/h9-10,13-14,17-20,23,25H,3-8,11-12,15-16,21H2,1-2H3. The van der Waals surface area contributed by atoms with Crippen molar-refractivity contribution in [1.82, 2.24) is 0 Å². The third-order valence-electron chi connectivity index (χ3n) is 7.85. The lowest BCUT2D eigenvalue weighted by Gasteiger charge is -2.29. The Bertz CT molecular complexity index is 1200. The van der Waals surface area contributed by atoms with Gasteiger partial charge in [-0.15, -0.1) is 0 Å². The lowest BCUT2D eigenvalue weighted by molar-refractivity contribution is 0.192. The molecule has 1 aliphatic rings. The quantitative estimate of drug-likeness (QED) is 0.178. The Balaban J connectivity index is 1.33. The van der Waals surface area contributed by atoms with Crippen molar-refractivity contribution in [2.75, 3.05) is 6.61 Å². The van der Waals surface area contributed by atoms with E-state index in [0.717, 1.165) is 44.9 Å². The van der Waals surface area contributed by atoms with Gasteiger partial charge in [0.2, 0.25) is 5.82 Å². The molecule has 3 aromatic rings. The minimum absolute atomic E-state index is 0.0392. The normalized spacial score (nSPS) is 17.5. The van der Waals surface area contributed by atoms with E-state index in [1.54, 1.807) is 18.2 Å². The van der Waals surface area contributed by atoms with Gasteiger partial charge < -0.3 is 4.74 Å². The summed E-state index contributed by atoms with van der Waals surface area (Å²) in [5.41, 5.74) is 2.91. The molecular weight excluding hydrogens is 488 g/mol. The molecule has 0 unspecified atom stereocenters. The minimum atomic E-state index is -0.981. The molecule has 1 saturated carbocycles. The number of hydrogen-bond acceptors (Lipinski definition) is 1. The minimum Gasteiger partial charge on any atom is -0.490 e. The molecule has 0 aliphatic heterocycles. The first-order valence-corrected chi connectivity index (χ1v) is 14.1. The molecular formula is C33H38F4O. The van der Waals surface area contributed by atoms with Crippen LogP contribution in [-0.4, -0.2) is 6.61 Å². The molecule has 0 amide bonds. The Kier molecular flexibility index (Phi) is 9.87. The number of hydrogen-bond donors (Lipinski definition) is 0. The molecule has 1 fully saturated rings. The van der Waals surface area contributed by atoms with Crippen molar-refractivity contribution >= 4 is 0 Å². The predicted octanol–water partition coefficient (Wildman–Crippen LogP) is 9.95. The fourth-order valence-electron chi connectivity index (χ4n) is 5.53. The molecule has 5 heteroatoms. The van der Waals surface area contributed by atoms with Gasteiger partial charge in [0.25, 0.3) is 0 Å². The van der Waals surface area contributed by atoms with Gasteiger partial charge in [0.15, 0.2) is 23.2 Å². The van der Waals surface area contributed by atoms with Crippen molar-refractivity contribution in [2.45, 2.75) is 84.0 Å². The highest BCUT2D eigenvalue weighted by Gasteiger charge is 2.27.